The smallest absolute Gasteiger partial charge is 0.232 e. The summed E-state index contributed by atoms with van der Waals surface area (Å²) < 4.78 is 7.28. The van der Waals surface area contributed by atoms with E-state index < -0.39 is 0 Å². The highest BCUT2D eigenvalue weighted by molar-refractivity contribution is 7.98. The molecule has 1 aromatic carbocycles. The summed E-state index contributed by atoms with van der Waals surface area (Å²) in [5.41, 5.74) is 8.81. The fourth-order valence-corrected chi connectivity index (χ4v) is 3.58. The van der Waals surface area contributed by atoms with Crippen molar-refractivity contribution in [2.24, 2.45) is 7.05 Å². The van der Waals surface area contributed by atoms with Crippen LogP contribution in [0.25, 0.3) is 11.4 Å². The van der Waals surface area contributed by atoms with E-state index in [1.807, 2.05) is 55.8 Å². The van der Waals surface area contributed by atoms with Gasteiger partial charge in [-0.15, -0.1) is 10.2 Å². The fourth-order valence-electron chi connectivity index (χ4n) is 2.81. The molecule has 3 N–H and O–H groups in total. The quantitative estimate of drug-likeness (QED) is 0.462. The number of nitrogens with two attached hydrogens (primary N) is 1. The molecule has 0 atom stereocenters. The predicted molar refractivity (Wildman–Crippen MR) is 112 cm³/mol. The van der Waals surface area contributed by atoms with Gasteiger partial charge in [-0.05, 0) is 31.5 Å². The molecule has 0 aliphatic rings. The van der Waals surface area contributed by atoms with Gasteiger partial charge in [0.15, 0.2) is 11.0 Å². The molecule has 10 heteroatoms. The Kier molecular flexibility index (Phi) is 5.17. The SMILES string of the molecule is Cc1ccccc1Nc1nc(N)nc(CSc2nnc(-c3ccoc3C)n2C)n1. The maximum absolute atomic E-state index is 5.88. The number of nitrogens with one attached hydrogen (secondary N) is 1. The maximum atomic E-state index is 5.88. The lowest BCUT2D eigenvalue weighted by Gasteiger charge is -2.09. The molecule has 148 valence electrons. The molecule has 9 nitrogen and oxygen atoms in total. The van der Waals surface area contributed by atoms with E-state index in [1.54, 1.807) is 6.26 Å². The first-order valence-corrected chi connectivity index (χ1v) is 9.89. The minimum Gasteiger partial charge on any atom is -0.469 e. The highest BCUT2D eigenvalue weighted by Gasteiger charge is 2.15. The number of para-hydroxylation sites is 1. The molecule has 0 saturated carbocycles. The molecule has 0 aliphatic heterocycles. The third-order valence-electron chi connectivity index (χ3n) is 4.36. The summed E-state index contributed by atoms with van der Waals surface area (Å²) in [7, 11) is 1.91. The lowest BCUT2D eigenvalue weighted by Crippen LogP contribution is -2.07. The number of hydrogen-bond donors (Lipinski definition) is 2. The second-order valence-electron chi connectivity index (χ2n) is 6.42. The summed E-state index contributed by atoms with van der Waals surface area (Å²) in [5.74, 6) is 3.16. The van der Waals surface area contributed by atoms with Gasteiger partial charge in [-0.1, -0.05) is 30.0 Å². The van der Waals surface area contributed by atoms with Crippen LogP contribution in [0.2, 0.25) is 0 Å². The first-order valence-electron chi connectivity index (χ1n) is 8.91. The van der Waals surface area contributed by atoms with Crippen molar-refractivity contribution in [1.82, 2.24) is 29.7 Å². The van der Waals surface area contributed by atoms with Gasteiger partial charge in [0.2, 0.25) is 11.9 Å². The summed E-state index contributed by atoms with van der Waals surface area (Å²) in [4.78, 5) is 12.9. The highest BCUT2D eigenvalue weighted by Crippen LogP contribution is 2.27. The number of nitrogens with zero attached hydrogens (tertiary/aromatic N) is 6. The van der Waals surface area contributed by atoms with E-state index in [4.69, 9.17) is 10.2 Å². The molecule has 0 fully saturated rings. The molecular formula is C19H20N8OS. The third kappa shape index (κ3) is 4.06. The largest absolute Gasteiger partial charge is 0.469 e. The zero-order valence-corrected chi connectivity index (χ0v) is 17.1. The van der Waals surface area contributed by atoms with Gasteiger partial charge in [0.05, 0.1) is 17.6 Å². The molecule has 0 unspecified atom stereocenters. The van der Waals surface area contributed by atoms with E-state index in [9.17, 15) is 0 Å². The predicted octanol–water partition coefficient (Wildman–Crippen LogP) is 3.50. The van der Waals surface area contributed by atoms with E-state index in [0.29, 0.717) is 17.5 Å². The van der Waals surface area contributed by atoms with Gasteiger partial charge in [-0.2, -0.15) is 15.0 Å². The molecule has 0 spiro atoms. The van der Waals surface area contributed by atoms with Crippen molar-refractivity contribution in [1.29, 1.82) is 0 Å². The number of furan rings is 1. The van der Waals surface area contributed by atoms with Gasteiger partial charge in [0, 0.05) is 12.7 Å². The number of aryl methyl sites for hydroxylation is 2. The standard InChI is InChI=1S/C19H20N8OS/c1-11-6-4-5-7-14(11)21-18-23-15(22-17(20)24-18)10-29-19-26-25-16(27(19)3)13-8-9-28-12(13)2/h4-9H,10H2,1-3H3,(H3,20,21,22,23,24). The Morgan fingerprint density at radius 2 is 1.93 bits per heavy atom. The molecule has 0 saturated heterocycles. The second-order valence-corrected chi connectivity index (χ2v) is 7.36. The number of anilines is 3. The van der Waals surface area contributed by atoms with Crippen LogP contribution in [0.1, 0.15) is 17.1 Å². The number of hydrogen-bond acceptors (Lipinski definition) is 9. The number of nitrogen functional groups attached to an aromatic ring is 1. The first-order chi connectivity index (χ1) is 14.0. The molecular weight excluding hydrogens is 388 g/mol. The van der Waals surface area contributed by atoms with Crippen LogP contribution in [0.3, 0.4) is 0 Å². The Morgan fingerprint density at radius 3 is 2.69 bits per heavy atom. The van der Waals surface area contributed by atoms with Crippen LogP contribution in [-0.2, 0) is 12.8 Å². The Hall–Kier alpha value is -3.40. The lowest BCUT2D eigenvalue weighted by atomic mass is 10.2. The molecule has 29 heavy (non-hydrogen) atoms. The van der Waals surface area contributed by atoms with E-state index >= 15 is 0 Å². The highest BCUT2D eigenvalue weighted by atomic mass is 32.2. The molecule has 3 heterocycles. The van der Waals surface area contributed by atoms with Gasteiger partial charge >= 0.3 is 0 Å². The average Bonchev–Trinajstić information content (AvgIpc) is 3.26. The molecule has 0 bridgehead atoms. The van der Waals surface area contributed by atoms with Crippen molar-refractivity contribution in [3.63, 3.8) is 0 Å². The summed E-state index contributed by atoms with van der Waals surface area (Å²) in [6.45, 7) is 3.91. The Morgan fingerprint density at radius 1 is 1.10 bits per heavy atom. The van der Waals surface area contributed by atoms with Crippen molar-refractivity contribution in [3.05, 3.63) is 53.7 Å². The van der Waals surface area contributed by atoms with Crippen LogP contribution < -0.4 is 11.1 Å². The number of thioether (sulfide) groups is 1. The van der Waals surface area contributed by atoms with Crippen LogP contribution in [0.5, 0.6) is 0 Å². The zero-order chi connectivity index (χ0) is 20.4. The van der Waals surface area contributed by atoms with Gasteiger partial charge in [0.25, 0.3) is 0 Å². The molecule has 0 aliphatic carbocycles. The second kappa shape index (κ2) is 7.92. The van der Waals surface area contributed by atoms with E-state index in [2.05, 4.69) is 30.5 Å². The van der Waals surface area contributed by atoms with Crippen LogP contribution >= 0.6 is 11.8 Å². The van der Waals surface area contributed by atoms with Crippen LogP contribution in [0.4, 0.5) is 17.6 Å². The topological polar surface area (TPSA) is 121 Å². The van der Waals surface area contributed by atoms with Crippen LogP contribution in [-0.4, -0.2) is 29.7 Å². The maximum Gasteiger partial charge on any atom is 0.232 e. The van der Waals surface area contributed by atoms with Gasteiger partial charge in [-0.25, -0.2) is 0 Å². The van der Waals surface area contributed by atoms with Crippen molar-refractivity contribution in [2.45, 2.75) is 24.8 Å². The van der Waals surface area contributed by atoms with Crippen LogP contribution in [0.15, 0.2) is 46.2 Å². The monoisotopic (exact) mass is 408 g/mol. The minimum absolute atomic E-state index is 0.166. The van der Waals surface area contributed by atoms with Crippen molar-refractivity contribution in [3.8, 4) is 11.4 Å². The molecule has 3 aromatic heterocycles. The zero-order valence-electron chi connectivity index (χ0n) is 16.2. The molecule has 4 aromatic rings. The molecule has 4 rings (SSSR count). The first kappa shape index (κ1) is 18.9. The normalized spacial score (nSPS) is 11.0. The number of benzene rings is 1. The van der Waals surface area contributed by atoms with E-state index in [1.165, 1.54) is 11.8 Å². The summed E-state index contributed by atoms with van der Waals surface area (Å²) >= 11 is 1.47. The van der Waals surface area contributed by atoms with Gasteiger partial charge in [-0.3, -0.25) is 0 Å². The van der Waals surface area contributed by atoms with E-state index in [-0.39, 0.29) is 5.95 Å². The van der Waals surface area contributed by atoms with Gasteiger partial charge in [0.1, 0.15) is 11.6 Å². The Balaban J connectivity index is 1.51. The van der Waals surface area contributed by atoms with Crippen LogP contribution in [0, 0.1) is 13.8 Å². The summed E-state index contributed by atoms with van der Waals surface area (Å²) in [6, 6.07) is 9.78. The third-order valence-corrected chi connectivity index (χ3v) is 5.37. The molecule has 0 amide bonds. The average molecular weight is 408 g/mol. The number of rotatable bonds is 6. The van der Waals surface area contributed by atoms with Crippen molar-refractivity contribution < 1.29 is 4.42 Å². The molecule has 0 radical (unpaired) electrons. The number of aromatic nitrogens is 6. The van der Waals surface area contributed by atoms with Crippen molar-refractivity contribution >= 4 is 29.3 Å². The fraction of sp³-hybridized carbons (Fsp3) is 0.211. The summed E-state index contributed by atoms with van der Waals surface area (Å²) in [6.07, 6.45) is 1.64. The van der Waals surface area contributed by atoms with E-state index in [0.717, 1.165) is 33.6 Å². The minimum atomic E-state index is 0.166. The van der Waals surface area contributed by atoms with Gasteiger partial charge < -0.3 is 20.0 Å². The Labute approximate surface area is 171 Å². The van der Waals surface area contributed by atoms with Crippen molar-refractivity contribution in [2.75, 3.05) is 11.1 Å². The lowest BCUT2D eigenvalue weighted by molar-refractivity contribution is 0.534. The Bertz CT molecular complexity index is 1150. The summed E-state index contributed by atoms with van der Waals surface area (Å²) in [5, 5.41) is 12.5.